The second-order valence-electron chi connectivity index (χ2n) is 4.80. The minimum atomic E-state index is -0.363. The van der Waals surface area contributed by atoms with Crippen LogP contribution in [0.5, 0.6) is 5.75 Å². The fourth-order valence-electron chi connectivity index (χ4n) is 2.19. The van der Waals surface area contributed by atoms with Gasteiger partial charge in [-0.15, -0.1) is 0 Å². The summed E-state index contributed by atoms with van der Waals surface area (Å²) in [7, 11) is 0. The number of benzene rings is 3. The first-order valence-corrected chi connectivity index (χ1v) is 7.05. The number of rotatable bonds is 2. The zero-order valence-electron chi connectivity index (χ0n) is 11.5. The highest BCUT2D eigenvalue weighted by Gasteiger charge is 2.06. The van der Waals surface area contributed by atoms with Crippen molar-refractivity contribution in [3.8, 4) is 5.75 Å². The van der Waals surface area contributed by atoms with E-state index in [1.54, 1.807) is 48.5 Å². The van der Waals surface area contributed by atoms with Crippen molar-refractivity contribution in [3.05, 3.63) is 65.7 Å². The van der Waals surface area contributed by atoms with Crippen molar-refractivity contribution in [2.24, 2.45) is 0 Å². The van der Waals surface area contributed by atoms with E-state index in [0.29, 0.717) is 16.4 Å². The van der Waals surface area contributed by atoms with E-state index in [0.717, 1.165) is 10.8 Å². The van der Waals surface area contributed by atoms with Crippen molar-refractivity contribution in [2.45, 2.75) is 0 Å². The maximum atomic E-state index is 12.1. The standard InChI is InChI=1S/C17H13ClN2O2/c18-12-5-7-13(8-6-12)19-17(22)20-16-3-1-2-11-4-9-14(21)10-15(11)16/h1-10,21H,(H2,19,20,22). The van der Waals surface area contributed by atoms with Gasteiger partial charge in [0.15, 0.2) is 0 Å². The summed E-state index contributed by atoms with van der Waals surface area (Å²) in [4.78, 5) is 12.1. The number of carbonyl (C=O) groups excluding carboxylic acids is 1. The smallest absolute Gasteiger partial charge is 0.323 e. The fraction of sp³-hybridized carbons (Fsp3) is 0. The van der Waals surface area contributed by atoms with Gasteiger partial charge in [0.25, 0.3) is 0 Å². The molecule has 0 saturated carbocycles. The van der Waals surface area contributed by atoms with Gasteiger partial charge in [0.2, 0.25) is 0 Å². The second-order valence-corrected chi connectivity index (χ2v) is 5.23. The van der Waals surface area contributed by atoms with Crippen molar-refractivity contribution in [1.29, 1.82) is 0 Å². The van der Waals surface area contributed by atoms with Crippen molar-refractivity contribution in [1.82, 2.24) is 0 Å². The van der Waals surface area contributed by atoms with Gasteiger partial charge in [-0.3, -0.25) is 0 Å². The zero-order chi connectivity index (χ0) is 15.5. The number of halogens is 1. The predicted molar refractivity (Wildman–Crippen MR) is 89.7 cm³/mol. The summed E-state index contributed by atoms with van der Waals surface area (Å²) in [5, 5.41) is 17.4. The Morgan fingerprint density at radius 1 is 0.955 bits per heavy atom. The predicted octanol–water partition coefficient (Wildman–Crippen LogP) is 4.84. The van der Waals surface area contributed by atoms with E-state index in [1.807, 2.05) is 12.1 Å². The average molecular weight is 313 g/mol. The number of aromatic hydroxyl groups is 1. The van der Waals surface area contributed by atoms with Crippen molar-refractivity contribution < 1.29 is 9.90 Å². The van der Waals surface area contributed by atoms with E-state index >= 15 is 0 Å². The number of anilines is 2. The molecule has 3 aromatic carbocycles. The Labute approximate surface area is 132 Å². The molecule has 0 atom stereocenters. The molecule has 0 radical (unpaired) electrons. The molecule has 0 aromatic heterocycles. The Hall–Kier alpha value is -2.72. The monoisotopic (exact) mass is 312 g/mol. The van der Waals surface area contributed by atoms with Gasteiger partial charge in [-0.2, -0.15) is 0 Å². The van der Waals surface area contributed by atoms with Crippen molar-refractivity contribution in [2.75, 3.05) is 10.6 Å². The lowest BCUT2D eigenvalue weighted by molar-refractivity contribution is 0.262. The van der Waals surface area contributed by atoms with Crippen molar-refractivity contribution >= 4 is 39.8 Å². The molecular weight excluding hydrogens is 300 g/mol. The SMILES string of the molecule is O=C(Nc1ccc(Cl)cc1)Nc1cccc2ccc(O)cc12. The molecule has 5 heteroatoms. The third kappa shape index (κ3) is 3.13. The topological polar surface area (TPSA) is 61.4 Å². The lowest BCUT2D eigenvalue weighted by atomic mass is 10.1. The van der Waals surface area contributed by atoms with Crippen LogP contribution in [0.1, 0.15) is 0 Å². The van der Waals surface area contributed by atoms with Crippen LogP contribution in [0.15, 0.2) is 60.7 Å². The number of hydrogen-bond donors (Lipinski definition) is 3. The number of nitrogens with one attached hydrogen (secondary N) is 2. The lowest BCUT2D eigenvalue weighted by Crippen LogP contribution is -2.19. The van der Waals surface area contributed by atoms with E-state index in [4.69, 9.17) is 11.6 Å². The molecular formula is C17H13ClN2O2. The maximum Gasteiger partial charge on any atom is 0.323 e. The zero-order valence-corrected chi connectivity index (χ0v) is 12.3. The highest BCUT2D eigenvalue weighted by Crippen LogP contribution is 2.27. The van der Waals surface area contributed by atoms with E-state index in [-0.39, 0.29) is 11.8 Å². The molecule has 0 fully saturated rings. The molecule has 0 saturated heterocycles. The Balaban J connectivity index is 1.82. The molecule has 0 unspecified atom stereocenters. The highest BCUT2D eigenvalue weighted by atomic mass is 35.5. The molecule has 2 amide bonds. The number of phenols is 1. The third-order valence-corrected chi connectivity index (χ3v) is 3.47. The first-order valence-electron chi connectivity index (χ1n) is 6.67. The summed E-state index contributed by atoms with van der Waals surface area (Å²) in [5.41, 5.74) is 1.27. The van der Waals surface area contributed by atoms with Gasteiger partial charge in [-0.25, -0.2) is 4.79 Å². The number of amides is 2. The molecule has 110 valence electrons. The summed E-state index contributed by atoms with van der Waals surface area (Å²) in [6.07, 6.45) is 0. The van der Waals surface area contributed by atoms with E-state index in [1.165, 1.54) is 0 Å². The molecule has 3 aromatic rings. The van der Waals surface area contributed by atoms with Gasteiger partial charge >= 0.3 is 6.03 Å². The van der Waals surface area contributed by atoms with Gasteiger partial charge in [0.1, 0.15) is 5.75 Å². The summed E-state index contributed by atoms with van der Waals surface area (Å²) >= 11 is 5.81. The lowest BCUT2D eigenvalue weighted by Gasteiger charge is -2.10. The fourth-order valence-corrected chi connectivity index (χ4v) is 2.31. The number of fused-ring (bicyclic) bond motifs is 1. The van der Waals surface area contributed by atoms with Gasteiger partial charge < -0.3 is 15.7 Å². The second kappa shape index (κ2) is 5.95. The van der Waals surface area contributed by atoms with Crippen LogP contribution in [-0.2, 0) is 0 Å². The normalized spacial score (nSPS) is 10.4. The Morgan fingerprint density at radius 3 is 2.50 bits per heavy atom. The van der Waals surface area contributed by atoms with Gasteiger partial charge in [0, 0.05) is 16.1 Å². The highest BCUT2D eigenvalue weighted by molar-refractivity contribution is 6.30. The molecule has 0 bridgehead atoms. The average Bonchev–Trinajstić information content (AvgIpc) is 2.50. The maximum absolute atomic E-state index is 12.1. The van der Waals surface area contributed by atoms with E-state index < -0.39 is 0 Å². The first-order chi connectivity index (χ1) is 10.6. The number of urea groups is 1. The minimum Gasteiger partial charge on any atom is -0.508 e. The molecule has 22 heavy (non-hydrogen) atoms. The Bertz CT molecular complexity index is 832. The number of carbonyl (C=O) groups is 1. The quantitative estimate of drug-likeness (QED) is 0.634. The first kappa shape index (κ1) is 14.2. The summed E-state index contributed by atoms with van der Waals surface area (Å²) in [6, 6.07) is 17.0. The largest absolute Gasteiger partial charge is 0.508 e. The van der Waals surface area contributed by atoms with Crippen LogP contribution in [0.3, 0.4) is 0 Å². The van der Waals surface area contributed by atoms with Crippen LogP contribution in [-0.4, -0.2) is 11.1 Å². The third-order valence-electron chi connectivity index (χ3n) is 3.22. The van der Waals surface area contributed by atoms with Crippen LogP contribution >= 0.6 is 11.6 Å². The van der Waals surface area contributed by atoms with Crippen LogP contribution in [0, 0.1) is 0 Å². The van der Waals surface area contributed by atoms with Gasteiger partial charge in [-0.05, 0) is 47.9 Å². The van der Waals surface area contributed by atoms with Crippen LogP contribution in [0.2, 0.25) is 5.02 Å². The van der Waals surface area contributed by atoms with Crippen LogP contribution < -0.4 is 10.6 Å². The molecule has 0 aliphatic carbocycles. The van der Waals surface area contributed by atoms with E-state index in [2.05, 4.69) is 10.6 Å². The summed E-state index contributed by atoms with van der Waals surface area (Å²) in [5.74, 6) is 0.153. The van der Waals surface area contributed by atoms with Crippen molar-refractivity contribution in [3.63, 3.8) is 0 Å². The van der Waals surface area contributed by atoms with Crippen LogP contribution in [0.25, 0.3) is 10.8 Å². The molecule has 0 spiro atoms. The summed E-state index contributed by atoms with van der Waals surface area (Å²) < 4.78 is 0. The van der Waals surface area contributed by atoms with E-state index in [9.17, 15) is 9.90 Å². The van der Waals surface area contributed by atoms with Crippen LogP contribution in [0.4, 0.5) is 16.2 Å². The molecule has 3 N–H and O–H groups in total. The summed E-state index contributed by atoms with van der Waals surface area (Å²) in [6.45, 7) is 0. The molecule has 4 nitrogen and oxygen atoms in total. The molecule has 3 rings (SSSR count). The number of hydrogen-bond acceptors (Lipinski definition) is 2. The van der Waals surface area contributed by atoms with Gasteiger partial charge in [-0.1, -0.05) is 29.8 Å². The van der Waals surface area contributed by atoms with Gasteiger partial charge in [0.05, 0.1) is 5.69 Å². The molecule has 0 aliphatic rings. The minimum absolute atomic E-state index is 0.153. The molecule has 0 heterocycles. The molecule has 0 aliphatic heterocycles. The Morgan fingerprint density at radius 2 is 1.73 bits per heavy atom. The Kier molecular flexibility index (Phi) is 3.85. The number of phenolic OH excluding ortho intramolecular Hbond substituents is 1.